The predicted molar refractivity (Wildman–Crippen MR) is 120 cm³/mol. The van der Waals surface area contributed by atoms with Gasteiger partial charge in [0.2, 0.25) is 15.9 Å². The smallest absolute Gasteiger partial charge is 0.271 e. The molecule has 1 aliphatic rings. The first kappa shape index (κ1) is 24.3. The molecule has 14 heteroatoms. The first-order chi connectivity index (χ1) is 16.6. The summed E-state index contributed by atoms with van der Waals surface area (Å²) in [5, 5.41) is 15.5. The van der Waals surface area contributed by atoms with Crippen molar-refractivity contribution in [3.8, 4) is 17.3 Å². The highest BCUT2D eigenvalue weighted by molar-refractivity contribution is 7.89. The van der Waals surface area contributed by atoms with Crippen LogP contribution < -0.4 is 10.5 Å². The maximum absolute atomic E-state index is 13.9. The quantitative estimate of drug-likeness (QED) is 0.377. The zero-order chi connectivity index (χ0) is 25.3. The molecule has 4 rings (SSSR count). The Kier molecular flexibility index (Phi) is 6.51. The van der Waals surface area contributed by atoms with Crippen molar-refractivity contribution < 1.29 is 32.0 Å². The minimum atomic E-state index is -4.23. The van der Waals surface area contributed by atoms with Gasteiger partial charge in [-0.3, -0.25) is 14.9 Å². The van der Waals surface area contributed by atoms with E-state index in [-0.39, 0.29) is 54.9 Å². The number of nitrogens with two attached hydrogens (primary N) is 1. The number of benzene rings is 2. The van der Waals surface area contributed by atoms with Gasteiger partial charge in [0.05, 0.1) is 23.8 Å². The summed E-state index contributed by atoms with van der Waals surface area (Å²) in [4.78, 5) is 22.1. The fraction of sp³-hybridized carbons (Fsp3) is 0.238. The first-order valence-corrected chi connectivity index (χ1v) is 11.7. The summed E-state index contributed by atoms with van der Waals surface area (Å²) in [6, 6.07) is 8.36. The van der Waals surface area contributed by atoms with Crippen LogP contribution in [0.1, 0.15) is 16.1 Å². The van der Waals surface area contributed by atoms with Crippen molar-refractivity contribution in [2.24, 2.45) is 5.73 Å². The van der Waals surface area contributed by atoms with E-state index in [9.17, 15) is 27.7 Å². The zero-order valence-corrected chi connectivity index (χ0v) is 19.2. The summed E-state index contributed by atoms with van der Waals surface area (Å²) in [6.07, 6.45) is 0. The van der Waals surface area contributed by atoms with Crippen molar-refractivity contribution in [1.82, 2.24) is 14.1 Å². The first-order valence-electron chi connectivity index (χ1n) is 10.3. The lowest BCUT2D eigenvalue weighted by Crippen LogP contribution is -2.40. The van der Waals surface area contributed by atoms with E-state index >= 15 is 0 Å². The number of morpholine rings is 1. The molecule has 1 saturated heterocycles. The number of hydrogen-bond acceptors (Lipinski definition) is 8. The second-order valence-electron chi connectivity index (χ2n) is 7.54. The summed E-state index contributed by atoms with van der Waals surface area (Å²) in [7, 11) is -4.23. The molecule has 1 fully saturated rings. The van der Waals surface area contributed by atoms with Crippen LogP contribution in [0.25, 0.3) is 5.69 Å². The number of nitro groups is 1. The Balaban J connectivity index is 1.88. The molecule has 35 heavy (non-hydrogen) atoms. The molecule has 0 spiro atoms. The van der Waals surface area contributed by atoms with Crippen LogP contribution in [0.2, 0.25) is 0 Å². The average Bonchev–Trinajstić information content (AvgIpc) is 3.16. The van der Waals surface area contributed by atoms with Crippen LogP contribution >= 0.6 is 0 Å². The number of hydrogen-bond donors (Lipinski definition) is 1. The van der Waals surface area contributed by atoms with Gasteiger partial charge in [0, 0.05) is 30.8 Å². The summed E-state index contributed by atoms with van der Waals surface area (Å²) in [5.41, 5.74) is 5.11. The van der Waals surface area contributed by atoms with Crippen molar-refractivity contribution in [1.29, 1.82) is 0 Å². The number of rotatable bonds is 7. The molecule has 2 N–H and O–H groups in total. The molecule has 1 aromatic heterocycles. The number of carbonyl (C=O) groups excluding carboxylic acids is 1. The van der Waals surface area contributed by atoms with E-state index in [1.165, 1.54) is 25.1 Å². The van der Waals surface area contributed by atoms with Gasteiger partial charge in [0.25, 0.3) is 11.6 Å². The lowest BCUT2D eigenvalue weighted by molar-refractivity contribution is -0.385. The van der Waals surface area contributed by atoms with Gasteiger partial charge in [0.1, 0.15) is 16.5 Å². The van der Waals surface area contributed by atoms with Crippen molar-refractivity contribution in [3.05, 3.63) is 69.7 Å². The second-order valence-corrected chi connectivity index (χ2v) is 9.45. The van der Waals surface area contributed by atoms with Gasteiger partial charge in [-0.1, -0.05) is 6.07 Å². The summed E-state index contributed by atoms with van der Waals surface area (Å²) >= 11 is 0. The highest BCUT2D eigenvalue weighted by Crippen LogP contribution is 2.37. The van der Waals surface area contributed by atoms with Crippen LogP contribution in [-0.4, -0.2) is 59.6 Å². The van der Waals surface area contributed by atoms with E-state index in [1.807, 2.05) is 0 Å². The maximum Gasteiger partial charge on any atom is 0.271 e. The molecule has 3 aromatic rings. The Morgan fingerprint density at radius 3 is 2.57 bits per heavy atom. The predicted octanol–water partition coefficient (Wildman–Crippen LogP) is 2.14. The summed E-state index contributed by atoms with van der Waals surface area (Å²) in [6.45, 7) is 1.91. The fourth-order valence-electron chi connectivity index (χ4n) is 3.54. The van der Waals surface area contributed by atoms with Gasteiger partial charge in [-0.05, 0) is 31.2 Å². The van der Waals surface area contributed by atoms with Gasteiger partial charge < -0.3 is 15.2 Å². The molecular weight excluding hydrogens is 485 g/mol. The third-order valence-corrected chi connectivity index (χ3v) is 7.21. The molecule has 12 nitrogen and oxygen atoms in total. The zero-order valence-electron chi connectivity index (χ0n) is 18.4. The van der Waals surface area contributed by atoms with Crippen molar-refractivity contribution >= 4 is 21.6 Å². The van der Waals surface area contributed by atoms with Gasteiger partial charge in [0.15, 0.2) is 5.69 Å². The minimum Gasteiger partial charge on any atom is -0.437 e. The van der Waals surface area contributed by atoms with Gasteiger partial charge in [-0.15, -0.1) is 0 Å². The normalized spacial score (nSPS) is 14.6. The number of amides is 1. The molecule has 2 heterocycles. The Morgan fingerprint density at radius 2 is 1.94 bits per heavy atom. The van der Waals surface area contributed by atoms with E-state index in [0.717, 1.165) is 33.3 Å². The van der Waals surface area contributed by atoms with Gasteiger partial charge in [-0.2, -0.15) is 14.1 Å². The van der Waals surface area contributed by atoms with E-state index < -0.39 is 37.3 Å². The fourth-order valence-corrected chi connectivity index (χ4v) is 5.09. The van der Waals surface area contributed by atoms with Gasteiger partial charge >= 0.3 is 0 Å². The highest BCUT2D eigenvalue weighted by atomic mass is 32.2. The third-order valence-electron chi connectivity index (χ3n) is 5.29. The summed E-state index contributed by atoms with van der Waals surface area (Å²) < 4.78 is 54.0. The minimum absolute atomic E-state index is 0.0521. The standard InChI is InChI=1S/C21H20FN5O7S/c1-13-19(20(23)28)24-26(15-4-2-3-14(22)11-15)21(13)34-17-6-5-16(27(29)30)12-18(17)35(31,32)25-7-9-33-10-8-25/h2-6,11-12H,7-10H2,1H3,(H2,23,28). The van der Waals surface area contributed by atoms with Crippen LogP contribution in [0, 0.1) is 22.9 Å². The van der Waals surface area contributed by atoms with E-state index in [1.54, 1.807) is 0 Å². The Labute approximate surface area is 198 Å². The number of carbonyl (C=O) groups is 1. The maximum atomic E-state index is 13.9. The number of nitro benzene ring substituents is 1. The SMILES string of the molecule is Cc1c(C(N)=O)nn(-c2cccc(F)c2)c1Oc1ccc([N+](=O)[O-])cc1S(=O)(=O)N1CCOCC1. The van der Waals surface area contributed by atoms with E-state index in [4.69, 9.17) is 15.2 Å². The Morgan fingerprint density at radius 1 is 1.23 bits per heavy atom. The number of ether oxygens (including phenoxy) is 2. The van der Waals surface area contributed by atoms with Crippen LogP contribution in [0.3, 0.4) is 0 Å². The number of non-ortho nitro benzene ring substituents is 1. The molecule has 0 bridgehead atoms. The number of nitrogens with zero attached hydrogens (tertiary/aromatic N) is 4. The molecule has 184 valence electrons. The van der Waals surface area contributed by atoms with E-state index in [0.29, 0.717) is 0 Å². The molecule has 1 aliphatic heterocycles. The number of halogens is 1. The number of sulfonamides is 1. The molecule has 0 radical (unpaired) electrons. The van der Waals surface area contributed by atoms with Crippen molar-refractivity contribution in [3.63, 3.8) is 0 Å². The monoisotopic (exact) mass is 505 g/mol. The highest BCUT2D eigenvalue weighted by Gasteiger charge is 2.32. The van der Waals surface area contributed by atoms with Crippen LogP contribution in [0.5, 0.6) is 11.6 Å². The molecular formula is C21H20FN5O7S. The average molecular weight is 505 g/mol. The molecule has 0 atom stereocenters. The molecule has 0 aliphatic carbocycles. The number of aromatic nitrogens is 2. The van der Waals surface area contributed by atoms with Gasteiger partial charge in [-0.25, -0.2) is 12.8 Å². The second kappa shape index (κ2) is 9.40. The van der Waals surface area contributed by atoms with E-state index in [2.05, 4.69) is 5.10 Å². The van der Waals surface area contributed by atoms with Crippen LogP contribution in [0.15, 0.2) is 47.4 Å². The van der Waals surface area contributed by atoms with Crippen molar-refractivity contribution in [2.75, 3.05) is 26.3 Å². The largest absolute Gasteiger partial charge is 0.437 e. The topological polar surface area (TPSA) is 160 Å². The Hall–Kier alpha value is -3.88. The summed E-state index contributed by atoms with van der Waals surface area (Å²) in [5.74, 6) is -1.84. The molecule has 1 amide bonds. The third kappa shape index (κ3) is 4.71. The van der Waals surface area contributed by atoms with Crippen LogP contribution in [-0.2, 0) is 14.8 Å². The number of primary amides is 1. The lowest BCUT2D eigenvalue weighted by Gasteiger charge is -2.26. The van der Waals surface area contributed by atoms with Crippen LogP contribution in [0.4, 0.5) is 10.1 Å². The molecule has 2 aromatic carbocycles. The lowest BCUT2D eigenvalue weighted by atomic mass is 10.2. The molecule has 0 saturated carbocycles. The molecule has 0 unspecified atom stereocenters. The Bertz CT molecular complexity index is 1420. The van der Waals surface area contributed by atoms with Crippen molar-refractivity contribution in [2.45, 2.75) is 11.8 Å².